The maximum atomic E-state index is 6.69. The summed E-state index contributed by atoms with van der Waals surface area (Å²) < 4.78 is 13.9. The number of pyridine rings is 1. The third kappa shape index (κ3) is 4.61. The van der Waals surface area contributed by atoms with Crippen LogP contribution >= 0.6 is 23.2 Å². The molecule has 0 bridgehead atoms. The molecule has 7 nitrogen and oxygen atoms in total. The number of nitrogens with zero attached hydrogens (tertiary/aromatic N) is 5. The first kappa shape index (κ1) is 21.9. The van der Waals surface area contributed by atoms with Gasteiger partial charge in [-0.15, -0.1) is 0 Å². The summed E-state index contributed by atoms with van der Waals surface area (Å²) >= 11 is 12.9. The van der Waals surface area contributed by atoms with E-state index in [-0.39, 0.29) is 5.60 Å². The molecular formula is C24H23Cl2N5O2. The van der Waals surface area contributed by atoms with Crippen molar-refractivity contribution in [1.29, 1.82) is 0 Å². The van der Waals surface area contributed by atoms with Crippen molar-refractivity contribution < 1.29 is 9.47 Å². The van der Waals surface area contributed by atoms with Crippen LogP contribution in [0.25, 0.3) is 22.6 Å². The summed E-state index contributed by atoms with van der Waals surface area (Å²) in [6, 6.07) is 9.18. The van der Waals surface area contributed by atoms with Gasteiger partial charge in [-0.1, -0.05) is 30.1 Å². The maximum Gasteiger partial charge on any atom is 0.245 e. The Balaban J connectivity index is 1.64. The molecule has 9 heteroatoms. The average Bonchev–Trinajstić information content (AvgIpc) is 3.41. The minimum absolute atomic E-state index is 0.199. The molecule has 0 saturated heterocycles. The van der Waals surface area contributed by atoms with Gasteiger partial charge in [-0.25, -0.2) is 9.97 Å². The SMILES string of the molecule is CCCOc1ccc(-c2nc3c(OC4(C)CC4)ncnc3n2Cc2cc(Cl)ccn2)c(Cl)c1. The Morgan fingerprint density at radius 3 is 2.67 bits per heavy atom. The highest BCUT2D eigenvalue weighted by atomic mass is 35.5. The Bertz CT molecular complexity index is 1320. The van der Waals surface area contributed by atoms with Gasteiger partial charge in [0.25, 0.3) is 0 Å². The summed E-state index contributed by atoms with van der Waals surface area (Å²) in [5.74, 6) is 1.83. The molecule has 1 fully saturated rings. The lowest BCUT2D eigenvalue weighted by Gasteiger charge is -2.12. The normalized spacial score (nSPS) is 14.4. The quantitative estimate of drug-likeness (QED) is 0.307. The van der Waals surface area contributed by atoms with E-state index in [0.29, 0.717) is 46.1 Å². The maximum absolute atomic E-state index is 6.69. The minimum Gasteiger partial charge on any atom is -0.494 e. The van der Waals surface area contributed by atoms with Gasteiger partial charge < -0.3 is 14.0 Å². The van der Waals surface area contributed by atoms with Gasteiger partial charge in [-0.3, -0.25) is 4.98 Å². The zero-order chi connectivity index (χ0) is 23.0. The number of ether oxygens (including phenoxy) is 2. The molecule has 0 atom stereocenters. The van der Waals surface area contributed by atoms with Crippen LogP contribution in [0.15, 0.2) is 42.9 Å². The molecule has 0 N–H and O–H groups in total. The molecule has 33 heavy (non-hydrogen) atoms. The lowest BCUT2D eigenvalue weighted by Crippen LogP contribution is -2.13. The van der Waals surface area contributed by atoms with E-state index in [1.807, 2.05) is 28.8 Å². The van der Waals surface area contributed by atoms with Gasteiger partial charge in [0, 0.05) is 16.8 Å². The van der Waals surface area contributed by atoms with E-state index in [1.165, 1.54) is 6.33 Å². The van der Waals surface area contributed by atoms with Gasteiger partial charge in [0.05, 0.1) is 23.9 Å². The molecule has 1 aliphatic carbocycles. The van der Waals surface area contributed by atoms with E-state index < -0.39 is 0 Å². The van der Waals surface area contributed by atoms with Crippen LogP contribution in [0.4, 0.5) is 0 Å². The van der Waals surface area contributed by atoms with Crippen molar-refractivity contribution in [1.82, 2.24) is 24.5 Å². The molecule has 0 amide bonds. The van der Waals surface area contributed by atoms with Crippen LogP contribution < -0.4 is 9.47 Å². The van der Waals surface area contributed by atoms with Crippen molar-refractivity contribution in [2.75, 3.05) is 6.61 Å². The molecule has 170 valence electrons. The number of fused-ring (bicyclic) bond motifs is 1. The van der Waals surface area contributed by atoms with Crippen LogP contribution in [-0.2, 0) is 6.54 Å². The predicted octanol–water partition coefficient (Wildman–Crippen LogP) is 5.96. The first-order valence-corrected chi connectivity index (χ1v) is 11.6. The number of rotatable bonds is 8. The van der Waals surface area contributed by atoms with Gasteiger partial charge in [0.1, 0.15) is 23.5 Å². The molecule has 0 aliphatic heterocycles. The van der Waals surface area contributed by atoms with E-state index in [9.17, 15) is 0 Å². The molecule has 0 spiro atoms. The summed E-state index contributed by atoms with van der Waals surface area (Å²) in [7, 11) is 0. The second kappa shape index (κ2) is 8.80. The van der Waals surface area contributed by atoms with Crippen molar-refractivity contribution >= 4 is 34.4 Å². The van der Waals surface area contributed by atoms with Crippen molar-refractivity contribution in [2.45, 2.75) is 45.3 Å². The zero-order valence-corrected chi connectivity index (χ0v) is 19.9. The van der Waals surface area contributed by atoms with E-state index in [2.05, 4.69) is 28.8 Å². The fourth-order valence-electron chi connectivity index (χ4n) is 3.54. The average molecular weight is 484 g/mol. The molecule has 1 aromatic carbocycles. The van der Waals surface area contributed by atoms with Crippen LogP contribution in [0.5, 0.6) is 11.6 Å². The highest BCUT2D eigenvalue weighted by molar-refractivity contribution is 6.33. The topological polar surface area (TPSA) is 75.0 Å². The molecular weight excluding hydrogens is 461 g/mol. The first-order valence-electron chi connectivity index (χ1n) is 10.9. The van der Waals surface area contributed by atoms with Crippen LogP contribution in [0.3, 0.4) is 0 Å². The van der Waals surface area contributed by atoms with E-state index >= 15 is 0 Å². The van der Waals surface area contributed by atoms with Crippen molar-refractivity contribution in [3.8, 4) is 23.0 Å². The van der Waals surface area contributed by atoms with E-state index in [1.54, 1.807) is 12.3 Å². The molecule has 4 aromatic rings. The third-order valence-electron chi connectivity index (χ3n) is 5.55. The number of halogens is 2. The van der Waals surface area contributed by atoms with Crippen LogP contribution in [0.2, 0.25) is 10.0 Å². The first-order chi connectivity index (χ1) is 16.0. The summed E-state index contributed by atoms with van der Waals surface area (Å²) in [4.78, 5) is 18.2. The number of hydrogen-bond donors (Lipinski definition) is 0. The highest BCUT2D eigenvalue weighted by Gasteiger charge is 2.41. The summed E-state index contributed by atoms with van der Waals surface area (Å²) in [6.07, 6.45) is 6.08. The highest BCUT2D eigenvalue weighted by Crippen LogP contribution is 2.41. The lowest BCUT2D eigenvalue weighted by atomic mass is 10.2. The second-order valence-electron chi connectivity index (χ2n) is 8.38. The van der Waals surface area contributed by atoms with E-state index in [0.717, 1.165) is 36.3 Å². The van der Waals surface area contributed by atoms with Crippen molar-refractivity contribution in [3.63, 3.8) is 0 Å². The number of benzene rings is 1. The van der Waals surface area contributed by atoms with Gasteiger partial charge in [0.15, 0.2) is 11.2 Å². The van der Waals surface area contributed by atoms with E-state index in [4.69, 9.17) is 37.7 Å². The summed E-state index contributed by atoms with van der Waals surface area (Å²) in [5.41, 5.74) is 2.56. The van der Waals surface area contributed by atoms with Gasteiger partial charge >= 0.3 is 0 Å². The minimum atomic E-state index is -0.199. The Morgan fingerprint density at radius 2 is 1.94 bits per heavy atom. The smallest absolute Gasteiger partial charge is 0.245 e. The number of hydrogen-bond acceptors (Lipinski definition) is 6. The Morgan fingerprint density at radius 1 is 1.09 bits per heavy atom. The lowest BCUT2D eigenvalue weighted by molar-refractivity contribution is 0.194. The van der Waals surface area contributed by atoms with Crippen LogP contribution in [0, 0.1) is 0 Å². The Hall–Kier alpha value is -2.90. The molecule has 1 aliphatic rings. The summed E-state index contributed by atoms with van der Waals surface area (Å²) in [6.45, 7) is 5.17. The van der Waals surface area contributed by atoms with Crippen molar-refractivity contribution in [2.24, 2.45) is 0 Å². The molecule has 5 rings (SSSR count). The summed E-state index contributed by atoms with van der Waals surface area (Å²) in [5, 5.41) is 1.14. The third-order valence-corrected chi connectivity index (χ3v) is 6.10. The second-order valence-corrected chi connectivity index (χ2v) is 9.22. The van der Waals surface area contributed by atoms with Gasteiger partial charge in [-0.2, -0.15) is 4.98 Å². The Kier molecular flexibility index (Phi) is 5.85. The van der Waals surface area contributed by atoms with Gasteiger partial charge in [0.2, 0.25) is 5.88 Å². The monoisotopic (exact) mass is 483 g/mol. The fourth-order valence-corrected chi connectivity index (χ4v) is 3.98. The number of aromatic nitrogens is 5. The standard InChI is InChI=1S/C24H23Cl2N5O2/c1-3-10-32-17-4-5-18(19(26)12-17)21-30-20-22(28-14-29-23(20)33-24(2)7-8-24)31(21)13-16-11-15(25)6-9-27-16/h4-6,9,11-12,14H,3,7-8,10,13H2,1-2H3. The fraction of sp³-hybridized carbons (Fsp3) is 0.333. The molecule has 1 saturated carbocycles. The molecule has 0 radical (unpaired) electrons. The molecule has 3 aromatic heterocycles. The van der Waals surface area contributed by atoms with Crippen LogP contribution in [0.1, 0.15) is 38.8 Å². The molecule has 3 heterocycles. The Labute approximate surface area is 201 Å². The van der Waals surface area contributed by atoms with Gasteiger partial charge in [-0.05, 0) is 56.5 Å². The van der Waals surface area contributed by atoms with Crippen LogP contribution in [-0.4, -0.2) is 36.7 Å². The van der Waals surface area contributed by atoms with Crippen molar-refractivity contribution in [3.05, 3.63) is 58.6 Å². The predicted molar refractivity (Wildman–Crippen MR) is 128 cm³/mol. The number of imidazole rings is 1. The zero-order valence-electron chi connectivity index (χ0n) is 18.4. The largest absolute Gasteiger partial charge is 0.494 e. The molecule has 0 unspecified atom stereocenters.